The number of furan rings is 1. The molecule has 0 aliphatic carbocycles. The van der Waals surface area contributed by atoms with Crippen LogP contribution in [-0.4, -0.2) is 11.5 Å². The number of nitrogens with zero attached hydrogens (tertiary/aromatic N) is 2. The van der Waals surface area contributed by atoms with Crippen LogP contribution in [0, 0.1) is 6.92 Å². The Morgan fingerprint density at radius 1 is 0.882 bits per heavy atom. The van der Waals surface area contributed by atoms with Gasteiger partial charge in [0.1, 0.15) is 11.0 Å². The predicted octanol–water partition coefficient (Wildman–Crippen LogP) is 6.46. The molecule has 3 aromatic carbocycles. The summed E-state index contributed by atoms with van der Waals surface area (Å²) in [7, 11) is 0. The van der Waals surface area contributed by atoms with Crippen LogP contribution in [0.3, 0.4) is 0 Å². The molecule has 3 nitrogen and oxygen atoms in total. The van der Waals surface area contributed by atoms with Gasteiger partial charge in [-0.3, -0.25) is 0 Å². The monoisotopic (exact) mass is 444 g/mol. The van der Waals surface area contributed by atoms with Crippen molar-refractivity contribution in [2.45, 2.75) is 20.8 Å². The number of allylic oxidation sites excluding steroid dienone is 2. The summed E-state index contributed by atoms with van der Waals surface area (Å²) in [5.74, 6) is 0.617. The van der Waals surface area contributed by atoms with Gasteiger partial charge in [-0.1, -0.05) is 91.0 Å². The van der Waals surface area contributed by atoms with E-state index in [4.69, 9.17) is 14.4 Å². The lowest BCUT2D eigenvalue weighted by molar-refractivity contribution is 0.576. The van der Waals surface area contributed by atoms with Crippen LogP contribution in [0.25, 0.3) is 28.8 Å². The lowest BCUT2D eigenvalue weighted by Gasteiger charge is -2.05. The van der Waals surface area contributed by atoms with Gasteiger partial charge in [0.2, 0.25) is 0 Å². The highest BCUT2D eigenvalue weighted by molar-refractivity contribution is 6.18. The fourth-order valence-electron chi connectivity index (χ4n) is 3.68. The first-order valence-corrected chi connectivity index (χ1v) is 11.3. The van der Waals surface area contributed by atoms with Crippen molar-refractivity contribution >= 4 is 40.4 Å². The van der Waals surface area contributed by atoms with Gasteiger partial charge in [0.05, 0.1) is 5.70 Å². The van der Waals surface area contributed by atoms with E-state index in [9.17, 15) is 0 Å². The zero-order valence-electron chi connectivity index (χ0n) is 19.8. The highest BCUT2D eigenvalue weighted by Gasteiger charge is 2.07. The van der Waals surface area contributed by atoms with Crippen molar-refractivity contribution in [2.75, 3.05) is 0 Å². The van der Waals surface area contributed by atoms with Crippen LogP contribution in [0.4, 0.5) is 0 Å². The number of hydrogen-bond acceptors (Lipinski definition) is 2. The maximum atomic E-state index is 6.13. The van der Waals surface area contributed by atoms with E-state index in [-0.39, 0.29) is 0 Å². The predicted molar refractivity (Wildman–Crippen MR) is 146 cm³/mol. The molecule has 0 aliphatic heterocycles. The minimum absolute atomic E-state index is 0.617. The number of aryl methyl sites for hydroxylation is 1. The summed E-state index contributed by atoms with van der Waals surface area (Å²) < 4.78 is 6.13. The summed E-state index contributed by atoms with van der Waals surface area (Å²) in [6, 6.07) is 26.1. The Morgan fingerprint density at radius 2 is 1.56 bits per heavy atom. The minimum atomic E-state index is 0.617. The van der Waals surface area contributed by atoms with Crippen molar-refractivity contribution in [1.29, 1.82) is 0 Å². The van der Waals surface area contributed by atoms with Crippen LogP contribution in [0.2, 0.25) is 0 Å². The van der Waals surface area contributed by atoms with Crippen molar-refractivity contribution in [3.05, 3.63) is 125 Å². The first kappa shape index (κ1) is 22.9. The molecule has 4 aromatic rings. The Labute approximate surface area is 200 Å². The second kappa shape index (κ2) is 10.6. The molecule has 0 radical (unpaired) electrons. The lowest BCUT2D eigenvalue weighted by atomic mass is 10.1. The molecular formula is C31H28N2O. The number of aliphatic imine (C=N–C) groups is 2. The minimum Gasteiger partial charge on any atom is -0.456 e. The molecule has 1 aromatic heterocycles. The Morgan fingerprint density at radius 3 is 2.24 bits per heavy atom. The zero-order valence-corrected chi connectivity index (χ0v) is 19.8. The summed E-state index contributed by atoms with van der Waals surface area (Å²) in [6.07, 6.45) is 8.01. The molecule has 168 valence electrons. The van der Waals surface area contributed by atoms with Crippen LogP contribution in [-0.2, 0) is 0 Å². The van der Waals surface area contributed by atoms with Crippen LogP contribution >= 0.6 is 0 Å². The average molecular weight is 445 g/mol. The summed E-state index contributed by atoms with van der Waals surface area (Å²) in [4.78, 5) is 9.72. The van der Waals surface area contributed by atoms with E-state index in [0.717, 1.165) is 38.4 Å². The topological polar surface area (TPSA) is 37.9 Å². The Bertz CT molecular complexity index is 1520. The molecule has 0 bridgehead atoms. The maximum Gasteiger partial charge on any atom is 0.159 e. The molecule has 0 N–H and O–H groups in total. The highest BCUT2D eigenvalue weighted by atomic mass is 16.3. The Hall–Kier alpha value is -4.24. The van der Waals surface area contributed by atoms with Crippen molar-refractivity contribution in [3.63, 3.8) is 0 Å². The lowest BCUT2D eigenvalue weighted by Crippen LogP contribution is -2.21. The fraction of sp³-hybridized carbons (Fsp3) is 0.0968. The van der Waals surface area contributed by atoms with Crippen LogP contribution in [0.15, 0.2) is 112 Å². The van der Waals surface area contributed by atoms with Crippen LogP contribution in [0.5, 0.6) is 0 Å². The molecule has 0 aliphatic rings. The van der Waals surface area contributed by atoms with E-state index in [1.807, 2.05) is 98.8 Å². The molecule has 0 atom stereocenters. The van der Waals surface area contributed by atoms with E-state index in [1.54, 1.807) is 0 Å². The smallest absolute Gasteiger partial charge is 0.159 e. The standard InChI is InChI=1S/C31H28N2O/c1-5-6-17-29-28(27-20-22(2)18-19-30(27)34-29)21-23(3)32-31(26-15-11-8-12-16-26)33-24(4)25-13-9-7-10-14-25/h5-21H,4H2,1-3H3/b6-5-,28-21?,29-17+,32-23?,33-31?. The molecule has 0 spiro atoms. The maximum absolute atomic E-state index is 6.13. The molecule has 0 saturated carbocycles. The van der Waals surface area contributed by atoms with Gasteiger partial charge in [-0.15, -0.1) is 0 Å². The third-order valence-corrected chi connectivity index (χ3v) is 5.37. The number of benzene rings is 3. The molecule has 0 unspecified atom stereocenters. The fourth-order valence-corrected chi connectivity index (χ4v) is 3.68. The second-order valence-electron chi connectivity index (χ2n) is 8.08. The summed E-state index contributed by atoms with van der Waals surface area (Å²) in [5, 5.41) is 2.07. The molecule has 4 rings (SSSR count). The largest absolute Gasteiger partial charge is 0.456 e. The third kappa shape index (κ3) is 5.38. The number of fused-ring (bicyclic) bond motifs is 1. The van der Waals surface area contributed by atoms with Crippen molar-refractivity contribution in [2.24, 2.45) is 9.98 Å². The van der Waals surface area contributed by atoms with Gasteiger partial charge < -0.3 is 4.42 Å². The second-order valence-corrected chi connectivity index (χ2v) is 8.08. The highest BCUT2D eigenvalue weighted by Crippen LogP contribution is 2.16. The summed E-state index contributed by atoms with van der Waals surface area (Å²) in [5.41, 5.74) is 6.23. The summed E-state index contributed by atoms with van der Waals surface area (Å²) in [6.45, 7) is 10.2. The first-order valence-electron chi connectivity index (χ1n) is 11.3. The molecule has 0 amide bonds. The number of hydrogen-bond donors (Lipinski definition) is 0. The zero-order chi connectivity index (χ0) is 23.9. The van der Waals surface area contributed by atoms with E-state index >= 15 is 0 Å². The van der Waals surface area contributed by atoms with Crippen molar-refractivity contribution in [1.82, 2.24) is 0 Å². The number of amidine groups is 1. The van der Waals surface area contributed by atoms with Crippen molar-refractivity contribution in [3.8, 4) is 0 Å². The first-order chi connectivity index (χ1) is 16.5. The quantitative estimate of drug-likeness (QED) is 0.257. The summed E-state index contributed by atoms with van der Waals surface area (Å²) >= 11 is 0. The van der Waals surface area contributed by atoms with Gasteiger partial charge in [-0.2, -0.15) is 0 Å². The normalized spacial score (nSPS) is 13.9. The van der Waals surface area contributed by atoms with Gasteiger partial charge in [0.25, 0.3) is 0 Å². The average Bonchev–Trinajstić information content (AvgIpc) is 3.19. The molecule has 0 saturated heterocycles. The van der Waals surface area contributed by atoms with Gasteiger partial charge >= 0.3 is 0 Å². The molecule has 3 heteroatoms. The molecule has 0 fully saturated rings. The van der Waals surface area contributed by atoms with E-state index < -0.39 is 0 Å². The SMILES string of the molecule is C=C(N=C(N=C(C)C=c1/c(=C\C=C/C)oc2ccc(C)cc12)c1ccccc1)c1ccccc1. The molecule has 1 heterocycles. The van der Waals surface area contributed by atoms with Crippen LogP contribution in [0.1, 0.15) is 30.5 Å². The Kier molecular flexibility index (Phi) is 7.14. The van der Waals surface area contributed by atoms with E-state index in [1.165, 1.54) is 5.56 Å². The van der Waals surface area contributed by atoms with Crippen LogP contribution < -0.4 is 10.6 Å². The van der Waals surface area contributed by atoms with Gasteiger partial charge in [-0.05, 0) is 50.6 Å². The van der Waals surface area contributed by atoms with Gasteiger partial charge in [-0.25, -0.2) is 9.98 Å². The molecule has 34 heavy (non-hydrogen) atoms. The third-order valence-electron chi connectivity index (χ3n) is 5.37. The van der Waals surface area contributed by atoms with E-state index in [2.05, 4.69) is 31.7 Å². The Balaban J connectivity index is 1.87. The van der Waals surface area contributed by atoms with Gasteiger partial charge in [0.15, 0.2) is 5.84 Å². The molecular weight excluding hydrogens is 416 g/mol. The number of rotatable bonds is 5. The van der Waals surface area contributed by atoms with E-state index in [0.29, 0.717) is 11.5 Å². The van der Waals surface area contributed by atoms with Crippen molar-refractivity contribution < 1.29 is 4.42 Å². The van der Waals surface area contributed by atoms with Gasteiger partial charge in [0, 0.05) is 21.9 Å².